The lowest BCUT2D eigenvalue weighted by molar-refractivity contribution is 0.0954. The molecule has 0 aliphatic carbocycles. The summed E-state index contributed by atoms with van der Waals surface area (Å²) in [5.41, 5.74) is 4.44. The van der Waals surface area contributed by atoms with E-state index in [0.29, 0.717) is 25.2 Å². The molecule has 1 amide bonds. The minimum atomic E-state index is -0.658. The summed E-state index contributed by atoms with van der Waals surface area (Å²) in [5, 5.41) is 10.5. The summed E-state index contributed by atoms with van der Waals surface area (Å²) in [4.78, 5) is 12.1. The molecular formula is C22H24F2N4O. The second-order valence-electron chi connectivity index (χ2n) is 6.96. The van der Waals surface area contributed by atoms with E-state index in [1.807, 2.05) is 32.9 Å². The number of aromatic nitrogens is 2. The molecule has 29 heavy (non-hydrogen) atoms. The number of carbonyl (C=O) groups is 1. The molecule has 0 fully saturated rings. The van der Waals surface area contributed by atoms with E-state index in [1.165, 1.54) is 16.8 Å². The Balaban J connectivity index is 1.55. The van der Waals surface area contributed by atoms with E-state index in [9.17, 15) is 13.6 Å². The number of aryl methyl sites for hydroxylation is 2. The third-order valence-electron chi connectivity index (χ3n) is 4.78. The molecule has 152 valence electrons. The van der Waals surface area contributed by atoms with Gasteiger partial charge in [-0.2, -0.15) is 5.10 Å². The Hall–Kier alpha value is -3.06. The molecule has 5 nitrogen and oxygen atoms in total. The van der Waals surface area contributed by atoms with E-state index < -0.39 is 11.6 Å². The fraction of sp³-hybridized carbons (Fsp3) is 0.273. The van der Waals surface area contributed by atoms with Crippen LogP contribution in [0, 0.1) is 32.4 Å². The molecule has 0 radical (unpaired) electrons. The molecule has 0 bridgehead atoms. The number of amides is 1. The molecule has 0 aliphatic heterocycles. The predicted octanol–water partition coefficient (Wildman–Crippen LogP) is 3.60. The third-order valence-corrected chi connectivity index (χ3v) is 4.78. The van der Waals surface area contributed by atoms with Crippen molar-refractivity contribution in [2.75, 3.05) is 13.1 Å². The van der Waals surface area contributed by atoms with Gasteiger partial charge in [0.1, 0.15) is 11.5 Å². The lowest BCUT2D eigenvalue weighted by Crippen LogP contribution is -2.31. The molecule has 0 atom stereocenters. The number of hydrogen-bond donors (Lipinski definition) is 2. The maximum atomic E-state index is 14.1. The molecule has 7 heteroatoms. The summed E-state index contributed by atoms with van der Waals surface area (Å²) in [5.74, 6) is -1.39. The van der Waals surface area contributed by atoms with Gasteiger partial charge in [0, 0.05) is 42.5 Å². The van der Waals surface area contributed by atoms with Gasteiger partial charge in [0.05, 0.1) is 5.69 Å². The Labute approximate surface area is 168 Å². The van der Waals surface area contributed by atoms with Crippen LogP contribution >= 0.6 is 0 Å². The molecule has 0 aliphatic rings. The molecule has 1 heterocycles. The first kappa shape index (κ1) is 20.7. The van der Waals surface area contributed by atoms with Gasteiger partial charge in [-0.1, -0.05) is 17.7 Å². The lowest BCUT2D eigenvalue weighted by atomic mass is 10.1. The Morgan fingerprint density at radius 2 is 1.76 bits per heavy atom. The van der Waals surface area contributed by atoms with Crippen LogP contribution in [-0.2, 0) is 6.54 Å². The quantitative estimate of drug-likeness (QED) is 0.598. The number of halogens is 2. The standard InChI is InChI=1S/C22H24F2N4O/c1-14-4-6-17(7-5-14)22(29)26-11-10-25-13-19-15(2)27-28(16(19)3)21-9-8-18(23)12-20(21)24/h4-9,12,25H,10-11,13H2,1-3H3,(H,26,29). The summed E-state index contributed by atoms with van der Waals surface area (Å²) in [6.07, 6.45) is 0. The minimum Gasteiger partial charge on any atom is -0.351 e. The summed E-state index contributed by atoms with van der Waals surface area (Å²) in [6, 6.07) is 10.8. The van der Waals surface area contributed by atoms with Crippen LogP contribution in [0.25, 0.3) is 5.69 Å². The van der Waals surface area contributed by atoms with Crippen LogP contribution in [0.3, 0.4) is 0 Å². The number of nitrogens with one attached hydrogen (secondary N) is 2. The molecule has 1 aromatic heterocycles. The first-order chi connectivity index (χ1) is 13.9. The fourth-order valence-corrected chi connectivity index (χ4v) is 3.10. The first-order valence-corrected chi connectivity index (χ1v) is 9.43. The van der Waals surface area contributed by atoms with Gasteiger partial charge in [-0.3, -0.25) is 4.79 Å². The smallest absolute Gasteiger partial charge is 0.251 e. The number of nitrogens with zero attached hydrogens (tertiary/aromatic N) is 2. The highest BCUT2D eigenvalue weighted by Crippen LogP contribution is 2.20. The molecule has 0 spiro atoms. The van der Waals surface area contributed by atoms with E-state index >= 15 is 0 Å². The van der Waals surface area contributed by atoms with E-state index in [-0.39, 0.29) is 11.6 Å². The summed E-state index contributed by atoms with van der Waals surface area (Å²) < 4.78 is 28.7. The Morgan fingerprint density at radius 3 is 2.45 bits per heavy atom. The highest BCUT2D eigenvalue weighted by molar-refractivity contribution is 5.94. The normalized spacial score (nSPS) is 10.9. The van der Waals surface area contributed by atoms with Crippen LogP contribution in [0.4, 0.5) is 8.78 Å². The van der Waals surface area contributed by atoms with Gasteiger partial charge >= 0.3 is 0 Å². The van der Waals surface area contributed by atoms with Crippen LogP contribution in [0.15, 0.2) is 42.5 Å². The molecule has 2 aromatic carbocycles. The zero-order chi connectivity index (χ0) is 21.0. The summed E-state index contributed by atoms with van der Waals surface area (Å²) in [7, 11) is 0. The molecule has 0 unspecified atom stereocenters. The van der Waals surface area contributed by atoms with E-state index in [4.69, 9.17) is 0 Å². The van der Waals surface area contributed by atoms with E-state index in [2.05, 4.69) is 15.7 Å². The number of rotatable bonds is 7. The zero-order valence-corrected chi connectivity index (χ0v) is 16.7. The second-order valence-corrected chi connectivity index (χ2v) is 6.96. The van der Waals surface area contributed by atoms with Crippen LogP contribution < -0.4 is 10.6 Å². The molecule has 3 rings (SSSR count). The highest BCUT2D eigenvalue weighted by atomic mass is 19.1. The SMILES string of the molecule is Cc1ccc(C(=O)NCCNCc2c(C)nn(-c3ccc(F)cc3F)c2C)cc1. The fourth-order valence-electron chi connectivity index (χ4n) is 3.10. The maximum absolute atomic E-state index is 14.1. The van der Waals surface area contributed by atoms with Crippen molar-refractivity contribution in [3.63, 3.8) is 0 Å². The average molecular weight is 398 g/mol. The number of benzene rings is 2. The van der Waals surface area contributed by atoms with Crippen LogP contribution in [-0.4, -0.2) is 28.8 Å². The van der Waals surface area contributed by atoms with Crippen molar-refractivity contribution in [1.29, 1.82) is 0 Å². The minimum absolute atomic E-state index is 0.112. The van der Waals surface area contributed by atoms with Crippen molar-refractivity contribution < 1.29 is 13.6 Å². The van der Waals surface area contributed by atoms with Crippen molar-refractivity contribution in [3.8, 4) is 5.69 Å². The Morgan fingerprint density at radius 1 is 1.03 bits per heavy atom. The van der Waals surface area contributed by atoms with Crippen LogP contribution in [0.1, 0.15) is 32.9 Å². The van der Waals surface area contributed by atoms with Gasteiger partial charge < -0.3 is 10.6 Å². The Bertz CT molecular complexity index is 1010. The number of carbonyl (C=O) groups excluding carboxylic acids is 1. The molecule has 0 saturated carbocycles. The zero-order valence-electron chi connectivity index (χ0n) is 16.7. The lowest BCUT2D eigenvalue weighted by Gasteiger charge is -2.09. The topological polar surface area (TPSA) is 59.0 Å². The van der Waals surface area contributed by atoms with Gasteiger partial charge in [0.25, 0.3) is 5.91 Å². The van der Waals surface area contributed by atoms with Crippen LogP contribution in [0.5, 0.6) is 0 Å². The predicted molar refractivity (Wildman–Crippen MR) is 108 cm³/mol. The van der Waals surface area contributed by atoms with Gasteiger partial charge in [-0.25, -0.2) is 13.5 Å². The van der Waals surface area contributed by atoms with Crippen LogP contribution in [0.2, 0.25) is 0 Å². The molecule has 3 aromatic rings. The average Bonchev–Trinajstić information content (AvgIpc) is 2.96. The van der Waals surface area contributed by atoms with Crippen molar-refractivity contribution in [2.45, 2.75) is 27.3 Å². The van der Waals surface area contributed by atoms with Crippen molar-refractivity contribution in [1.82, 2.24) is 20.4 Å². The Kier molecular flexibility index (Phi) is 6.39. The van der Waals surface area contributed by atoms with Gasteiger partial charge in [-0.05, 0) is 45.0 Å². The third kappa shape index (κ3) is 4.86. The van der Waals surface area contributed by atoms with Crippen molar-refractivity contribution in [2.24, 2.45) is 0 Å². The first-order valence-electron chi connectivity index (χ1n) is 9.43. The summed E-state index contributed by atoms with van der Waals surface area (Å²) >= 11 is 0. The molecular weight excluding hydrogens is 374 g/mol. The molecule has 2 N–H and O–H groups in total. The van der Waals surface area contributed by atoms with E-state index in [1.54, 1.807) is 12.1 Å². The summed E-state index contributed by atoms with van der Waals surface area (Å²) in [6.45, 7) is 7.25. The van der Waals surface area contributed by atoms with Gasteiger partial charge in [0.15, 0.2) is 5.82 Å². The van der Waals surface area contributed by atoms with Crippen molar-refractivity contribution in [3.05, 3.63) is 82.2 Å². The largest absolute Gasteiger partial charge is 0.351 e. The van der Waals surface area contributed by atoms with Gasteiger partial charge in [-0.15, -0.1) is 0 Å². The monoisotopic (exact) mass is 398 g/mol. The number of hydrogen-bond acceptors (Lipinski definition) is 3. The van der Waals surface area contributed by atoms with Crippen molar-refractivity contribution >= 4 is 5.91 Å². The second kappa shape index (κ2) is 8.96. The van der Waals surface area contributed by atoms with Gasteiger partial charge in [0.2, 0.25) is 0 Å². The highest BCUT2D eigenvalue weighted by Gasteiger charge is 2.15. The van der Waals surface area contributed by atoms with E-state index in [0.717, 1.165) is 28.6 Å². The maximum Gasteiger partial charge on any atom is 0.251 e. The molecule has 0 saturated heterocycles.